The maximum absolute atomic E-state index is 13.8. The van der Waals surface area contributed by atoms with E-state index in [4.69, 9.17) is 0 Å². The lowest BCUT2D eigenvalue weighted by atomic mass is 9.86. The Labute approximate surface area is 112 Å². The minimum Gasteiger partial charge on any atom is -0.380 e. The molecular weight excluding hydrogens is 239 g/mol. The van der Waals surface area contributed by atoms with Crippen molar-refractivity contribution in [2.24, 2.45) is 0 Å². The van der Waals surface area contributed by atoms with Crippen molar-refractivity contribution in [2.75, 3.05) is 0 Å². The summed E-state index contributed by atoms with van der Waals surface area (Å²) in [7, 11) is 0. The highest BCUT2D eigenvalue weighted by molar-refractivity contribution is 5.47. The maximum atomic E-state index is 13.8. The van der Waals surface area contributed by atoms with E-state index in [1.807, 2.05) is 38.1 Å². The van der Waals surface area contributed by atoms with Gasteiger partial charge in [-0.2, -0.15) is 0 Å². The zero-order valence-electron chi connectivity index (χ0n) is 11.2. The van der Waals surface area contributed by atoms with Crippen LogP contribution in [0.25, 0.3) is 0 Å². The Bertz CT molecular complexity index is 648. The van der Waals surface area contributed by atoms with Gasteiger partial charge in [0.05, 0.1) is 0 Å². The van der Waals surface area contributed by atoms with E-state index in [2.05, 4.69) is 0 Å². The fourth-order valence-electron chi connectivity index (χ4n) is 2.94. The zero-order chi connectivity index (χ0) is 13.6. The van der Waals surface area contributed by atoms with E-state index in [0.717, 1.165) is 16.7 Å². The maximum Gasteiger partial charge on any atom is 0.126 e. The van der Waals surface area contributed by atoms with E-state index in [0.29, 0.717) is 18.4 Å². The van der Waals surface area contributed by atoms with Crippen LogP contribution in [0, 0.1) is 19.7 Å². The van der Waals surface area contributed by atoms with Crippen molar-refractivity contribution in [3.05, 3.63) is 70.0 Å². The van der Waals surface area contributed by atoms with E-state index < -0.39 is 5.60 Å². The lowest BCUT2D eigenvalue weighted by Crippen LogP contribution is -2.24. The molecule has 0 saturated carbocycles. The molecule has 0 bridgehead atoms. The zero-order valence-corrected chi connectivity index (χ0v) is 11.2. The van der Waals surface area contributed by atoms with Crippen LogP contribution in [0.15, 0.2) is 36.4 Å². The molecule has 1 aliphatic rings. The number of hydrogen-bond donors (Lipinski definition) is 1. The van der Waals surface area contributed by atoms with Crippen LogP contribution in [0.4, 0.5) is 4.39 Å². The standard InChI is InChI=1S/C17H17FO/c1-11-6-7-13(10-12(11)2)17(19)9-8-14-15(17)4-3-5-16(14)18/h3-7,10,19H,8-9H2,1-2H3. The summed E-state index contributed by atoms with van der Waals surface area (Å²) in [6, 6.07) is 10.9. The molecule has 2 aromatic carbocycles. The van der Waals surface area contributed by atoms with E-state index >= 15 is 0 Å². The summed E-state index contributed by atoms with van der Waals surface area (Å²) in [5.41, 5.74) is 3.54. The van der Waals surface area contributed by atoms with E-state index in [1.165, 1.54) is 11.6 Å². The van der Waals surface area contributed by atoms with Crippen molar-refractivity contribution < 1.29 is 9.50 Å². The SMILES string of the molecule is Cc1ccc(C2(O)CCc3c(F)cccc32)cc1C. The molecule has 2 heteroatoms. The summed E-state index contributed by atoms with van der Waals surface area (Å²) < 4.78 is 13.8. The molecule has 0 aromatic heterocycles. The molecule has 0 fully saturated rings. The molecule has 19 heavy (non-hydrogen) atoms. The van der Waals surface area contributed by atoms with Gasteiger partial charge in [-0.15, -0.1) is 0 Å². The third-order valence-electron chi connectivity index (χ3n) is 4.29. The molecule has 1 unspecified atom stereocenters. The molecule has 0 aliphatic heterocycles. The van der Waals surface area contributed by atoms with Gasteiger partial charge in [-0.05, 0) is 60.6 Å². The number of halogens is 1. The predicted octanol–water partition coefficient (Wildman–Crippen LogP) is 3.62. The number of aryl methyl sites for hydroxylation is 2. The minimum atomic E-state index is -1.05. The van der Waals surface area contributed by atoms with Gasteiger partial charge in [-0.1, -0.05) is 30.3 Å². The summed E-state index contributed by atoms with van der Waals surface area (Å²) in [5.74, 6) is -0.211. The number of benzene rings is 2. The molecule has 1 nitrogen and oxygen atoms in total. The lowest BCUT2D eigenvalue weighted by molar-refractivity contribution is 0.0828. The Hall–Kier alpha value is -1.67. The first kappa shape index (κ1) is 12.4. The van der Waals surface area contributed by atoms with Crippen LogP contribution in [0.5, 0.6) is 0 Å². The Morgan fingerprint density at radius 3 is 2.63 bits per heavy atom. The molecule has 0 saturated heterocycles. The van der Waals surface area contributed by atoms with Crippen molar-refractivity contribution >= 4 is 0 Å². The van der Waals surface area contributed by atoms with Gasteiger partial charge in [0.15, 0.2) is 0 Å². The predicted molar refractivity (Wildman–Crippen MR) is 73.6 cm³/mol. The second-order valence-corrected chi connectivity index (χ2v) is 5.43. The van der Waals surface area contributed by atoms with Gasteiger partial charge in [-0.25, -0.2) is 4.39 Å². The van der Waals surface area contributed by atoms with Crippen LogP contribution in [0.2, 0.25) is 0 Å². The molecule has 0 amide bonds. The highest BCUT2D eigenvalue weighted by atomic mass is 19.1. The van der Waals surface area contributed by atoms with Crippen LogP contribution in [0.1, 0.15) is 34.2 Å². The summed E-state index contributed by atoms with van der Waals surface area (Å²) in [6.45, 7) is 4.08. The molecular formula is C17H17FO. The van der Waals surface area contributed by atoms with Gasteiger partial charge < -0.3 is 5.11 Å². The average Bonchev–Trinajstić information content (AvgIpc) is 2.74. The highest BCUT2D eigenvalue weighted by Gasteiger charge is 2.39. The fourth-order valence-corrected chi connectivity index (χ4v) is 2.94. The smallest absolute Gasteiger partial charge is 0.126 e. The average molecular weight is 256 g/mol. The van der Waals surface area contributed by atoms with Gasteiger partial charge in [0, 0.05) is 0 Å². The topological polar surface area (TPSA) is 20.2 Å². The first-order valence-corrected chi connectivity index (χ1v) is 6.60. The minimum absolute atomic E-state index is 0.211. The van der Waals surface area contributed by atoms with Crippen LogP contribution in [-0.2, 0) is 12.0 Å². The largest absolute Gasteiger partial charge is 0.380 e. The van der Waals surface area contributed by atoms with Crippen LogP contribution in [0.3, 0.4) is 0 Å². The fraction of sp³-hybridized carbons (Fsp3) is 0.294. The normalized spacial score (nSPS) is 21.5. The third kappa shape index (κ3) is 1.79. The molecule has 1 aliphatic carbocycles. The third-order valence-corrected chi connectivity index (χ3v) is 4.29. The summed E-state index contributed by atoms with van der Waals surface area (Å²) in [4.78, 5) is 0. The second kappa shape index (κ2) is 4.17. The van der Waals surface area contributed by atoms with E-state index in [1.54, 1.807) is 6.07 Å². The van der Waals surface area contributed by atoms with Crippen LogP contribution >= 0.6 is 0 Å². The summed E-state index contributed by atoms with van der Waals surface area (Å²) >= 11 is 0. The number of fused-ring (bicyclic) bond motifs is 1. The first-order chi connectivity index (χ1) is 9.02. The molecule has 1 N–H and O–H groups in total. The van der Waals surface area contributed by atoms with Gasteiger partial charge in [0.1, 0.15) is 11.4 Å². The second-order valence-electron chi connectivity index (χ2n) is 5.43. The van der Waals surface area contributed by atoms with Crippen molar-refractivity contribution in [3.63, 3.8) is 0 Å². The van der Waals surface area contributed by atoms with Gasteiger partial charge >= 0.3 is 0 Å². The highest BCUT2D eigenvalue weighted by Crippen LogP contribution is 2.43. The molecule has 2 aromatic rings. The first-order valence-electron chi connectivity index (χ1n) is 6.60. The van der Waals surface area contributed by atoms with Gasteiger partial charge in [0.2, 0.25) is 0 Å². The Morgan fingerprint density at radius 2 is 1.89 bits per heavy atom. The quantitative estimate of drug-likeness (QED) is 0.826. The Balaban J connectivity index is 2.16. The molecule has 98 valence electrons. The van der Waals surface area contributed by atoms with Crippen LogP contribution in [-0.4, -0.2) is 5.11 Å². The van der Waals surface area contributed by atoms with E-state index in [9.17, 15) is 9.50 Å². The van der Waals surface area contributed by atoms with Crippen molar-refractivity contribution in [2.45, 2.75) is 32.3 Å². The monoisotopic (exact) mass is 256 g/mol. The van der Waals surface area contributed by atoms with E-state index in [-0.39, 0.29) is 5.82 Å². The lowest BCUT2D eigenvalue weighted by Gasteiger charge is -2.25. The Morgan fingerprint density at radius 1 is 1.11 bits per heavy atom. The molecule has 3 rings (SSSR count). The number of aliphatic hydroxyl groups is 1. The van der Waals surface area contributed by atoms with Crippen molar-refractivity contribution in [3.8, 4) is 0 Å². The van der Waals surface area contributed by atoms with Crippen molar-refractivity contribution in [1.82, 2.24) is 0 Å². The molecule has 1 atom stereocenters. The van der Waals surface area contributed by atoms with Crippen LogP contribution < -0.4 is 0 Å². The Kier molecular flexibility index (Phi) is 2.72. The summed E-state index contributed by atoms with van der Waals surface area (Å²) in [5, 5.41) is 11.0. The number of hydrogen-bond acceptors (Lipinski definition) is 1. The van der Waals surface area contributed by atoms with Gasteiger partial charge in [0.25, 0.3) is 0 Å². The molecule has 0 radical (unpaired) electrons. The molecule has 0 heterocycles. The van der Waals surface area contributed by atoms with Gasteiger partial charge in [-0.3, -0.25) is 0 Å². The summed E-state index contributed by atoms with van der Waals surface area (Å²) in [6.07, 6.45) is 1.14. The molecule has 0 spiro atoms. The van der Waals surface area contributed by atoms with Crippen molar-refractivity contribution in [1.29, 1.82) is 0 Å². The number of rotatable bonds is 1.